The van der Waals surface area contributed by atoms with Crippen molar-refractivity contribution in [2.75, 3.05) is 6.54 Å². The zero-order valence-corrected chi connectivity index (χ0v) is 12.0. The number of benzene rings is 1. The second-order valence-corrected chi connectivity index (χ2v) is 5.39. The predicted molar refractivity (Wildman–Crippen MR) is 76.2 cm³/mol. The van der Waals surface area contributed by atoms with Gasteiger partial charge in [-0.1, -0.05) is 28.1 Å². The van der Waals surface area contributed by atoms with Gasteiger partial charge in [-0.05, 0) is 31.5 Å². The molecule has 0 unspecified atom stereocenters. The third kappa shape index (κ3) is 5.33. The lowest BCUT2D eigenvalue weighted by Gasteiger charge is -2.26. The Hall–Kier alpha value is -0.870. The van der Waals surface area contributed by atoms with Crippen molar-refractivity contribution in [1.29, 1.82) is 5.41 Å². The molecule has 0 aliphatic rings. The summed E-state index contributed by atoms with van der Waals surface area (Å²) in [7, 11) is 0. The van der Waals surface area contributed by atoms with Crippen LogP contribution in [0, 0.1) is 5.41 Å². The van der Waals surface area contributed by atoms with Gasteiger partial charge >= 0.3 is 0 Å². The SMILES string of the molecule is CC(C)N(CCC(=N)N)Cc1cccc(Br)c1. The number of hydrogen-bond donors (Lipinski definition) is 2. The van der Waals surface area contributed by atoms with Crippen LogP contribution < -0.4 is 5.73 Å². The van der Waals surface area contributed by atoms with Gasteiger partial charge < -0.3 is 5.73 Å². The molecule has 0 bridgehead atoms. The molecule has 1 aromatic carbocycles. The molecule has 0 aliphatic carbocycles. The minimum atomic E-state index is 0.255. The molecule has 4 heteroatoms. The first kappa shape index (κ1) is 14.2. The summed E-state index contributed by atoms with van der Waals surface area (Å²) in [6.07, 6.45) is 0.631. The van der Waals surface area contributed by atoms with E-state index in [1.807, 2.05) is 12.1 Å². The molecule has 17 heavy (non-hydrogen) atoms. The quantitative estimate of drug-likeness (QED) is 0.626. The van der Waals surface area contributed by atoms with E-state index in [0.29, 0.717) is 12.5 Å². The number of nitrogens with one attached hydrogen (secondary N) is 1. The molecule has 0 spiro atoms. The number of rotatable bonds is 6. The van der Waals surface area contributed by atoms with E-state index in [1.54, 1.807) is 0 Å². The molecule has 0 fully saturated rings. The number of halogens is 1. The molecule has 1 rings (SSSR count). The van der Waals surface area contributed by atoms with Gasteiger partial charge in [0.15, 0.2) is 0 Å². The fourth-order valence-corrected chi connectivity index (χ4v) is 2.10. The lowest BCUT2D eigenvalue weighted by Crippen LogP contribution is -2.33. The fourth-order valence-electron chi connectivity index (χ4n) is 1.65. The normalized spacial score (nSPS) is 11.1. The van der Waals surface area contributed by atoms with E-state index in [1.165, 1.54) is 5.56 Å². The van der Waals surface area contributed by atoms with E-state index >= 15 is 0 Å². The predicted octanol–water partition coefficient (Wildman–Crippen LogP) is 2.99. The van der Waals surface area contributed by atoms with E-state index in [2.05, 4.69) is 46.8 Å². The summed E-state index contributed by atoms with van der Waals surface area (Å²) in [5, 5.41) is 7.29. The van der Waals surface area contributed by atoms with Gasteiger partial charge in [-0.25, -0.2) is 0 Å². The first-order valence-corrected chi connectivity index (χ1v) is 6.59. The Balaban J connectivity index is 2.63. The Morgan fingerprint density at radius 3 is 2.71 bits per heavy atom. The van der Waals surface area contributed by atoms with E-state index in [9.17, 15) is 0 Å². The molecular formula is C13H20BrN3. The van der Waals surface area contributed by atoms with Crippen LogP contribution in [0.4, 0.5) is 0 Å². The fraction of sp³-hybridized carbons (Fsp3) is 0.462. The Morgan fingerprint density at radius 1 is 1.47 bits per heavy atom. The summed E-state index contributed by atoms with van der Waals surface area (Å²) < 4.78 is 1.10. The van der Waals surface area contributed by atoms with Crippen molar-refractivity contribution in [3.05, 3.63) is 34.3 Å². The van der Waals surface area contributed by atoms with Gasteiger partial charge in [0, 0.05) is 30.0 Å². The standard InChI is InChI=1S/C13H20BrN3/c1-10(2)17(7-6-13(15)16)9-11-4-3-5-12(14)8-11/h3-5,8,10H,6-7,9H2,1-2H3,(H3,15,16). The second kappa shape index (κ2) is 6.77. The Labute approximate surface area is 112 Å². The van der Waals surface area contributed by atoms with Gasteiger partial charge in [-0.2, -0.15) is 0 Å². The highest BCUT2D eigenvalue weighted by molar-refractivity contribution is 9.10. The van der Waals surface area contributed by atoms with Crippen molar-refractivity contribution in [3.63, 3.8) is 0 Å². The summed E-state index contributed by atoms with van der Waals surface area (Å²) >= 11 is 3.48. The molecule has 0 aliphatic heterocycles. The van der Waals surface area contributed by atoms with Gasteiger partial charge in [0.25, 0.3) is 0 Å². The van der Waals surface area contributed by atoms with Crippen molar-refractivity contribution in [2.45, 2.75) is 32.9 Å². The van der Waals surface area contributed by atoms with E-state index in [0.717, 1.165) is 17.6 Å². The molecular weight excluding hydrogens is 278 g/mol. The van der Waals surface area contributed by atoms with E-state index < -0.39 is 0 Å². The molecule has 0 amide bonds. The molecule has 0 saturated heterocycles. The highest BCUT2D eigenvalue weighted by atomic mass is 79.9. The van der Waals surface area contributed by atoms with Crippen molar-refractivity contribution in [2.24, 2.45) is 5.73 Å². The molecule has 0 aromatic heterocycles. The van der Waals surface area contributed by atoms with E-state index in [4.69, 9.17) is 11.1 Å². The lowest BCUT2D eigenvalue weighted by molar-refractivity contribution is 0.219. The number of hydrogen-bond acceptors (Lipinski definition) is 2. The summed E-state index contributed by atoms with van der Waals surface area (Å²) in [6.45, 7) is 6.06. The summed E-state index contributed by atoms with van der Waals surface area (Å²) in [5.41, 5.74) is 6.68. The van der Waals surface area contributed by atoms with Crippen LogP contribution >= 0.6 is 15.9 Å². The Morgan fingerprint density at radius 2 is 2.18 bits per heavy atom. The van der Waals surface area contributed by atoms with Crippen molar-refractivity contribution < 1.29 is 0 Å². The number of nitrogens with zero attached hydrogens (tertiary/aromatic N) is 1. The molecule has 0 heterocycles. The first-order chi connectivity index (χ1) is 7.99. The third-order valence-corrected chi connectivity index (χ3v) is 3.17. The molecule has 0 radical (unpaired) electrons. The number of nitrogens with two attached hydrogens (primary N) is 1. The molecule has 3 nitrogen and oxygen atoms in total. The largest absolute Gasteiger partial charge is 0.388 e. The van der Waals surface area contributed by atoms with Crippen molar-refractivity contribution in [3.8, 4) is 0 Å². The topological polar surface area (TPSA) is 53.1 Å². The molecule has 0 saturated carbocycles. The molecule has 0 atom stereocenters. The minimum absolute atomic E-state index is 0.255. The van der Waals surface area contributed by atoms with Crippen LogP contribution in [-0.2, 0) is 6.54 Å². The van der Waals surface area contributed by atoms with Crippen LogP contribution in [0.5, 0.6) is 0 Å². The summed E-state index contributed by atoms with van der Waals surface area (Å²) in [4.78, 5) is 2.32. The minimum Gasteiger partial charge on any atom is -0.388 e. The Bertz CT molecular complexity index is 377. The second-order valence-electron chi connectivity index (χ2n) is 4.47. The zero-order chi connectivity index (χ0) is 12.8. The molecule has 94 valence electrons. The molecule has 3 N–H and O–H groups in total. The lowest BCUT2D eigenvalue weighted by atomic mass is 10.2. The van der Waals surface area contributed by atoms with Crippen LogP contribution in [0.15, 0.2) is 28.7 Å². The van der Waals surface area contributed by atoms with Crippen LogP contribution in [0.3, 0.4) is 0 Å². The highest BCUT2D eigenvalue weighted by Gasteiger charge is 2.10. The van der Waals surface area contributed by atoms with Gasteiger partial charge in [-0.15, -0.1) is 0 Å². The van der Waals surface area contributed by atoms with Crippen molar-refractivity contribution >= 4 is 21.8 Å². The van der Waals surface area contributed by atoms with Crippen LogP contribution in [0.1, 0.15) is 25.8 Å². The average molecular weight is 298 g/mol. The molecule has 1 aromatic rings. The van der Waals surface area contributed by atoms with Gasteiger partial charge in [0.05, 0.1) is 5.84 Å². The maximum atomic E-state index is 7.29. The first-order valence-electron chi connectivity index (χ1n) is 5.80. The monoisotopic (exact) mass is 297 g/mol. The maximum Gasteiger partial charge on any atom is 0.0918 e. The third-order valence-electron chi connectivity index (χ3n) is 2.67. The van der Waals surface area contributed by atoms with Gasteiger partial charge in [0.1, 0.15) is 0 Å². The summed E-state index contributed by atoms with van der Waals surface area (Å²) in [5.74, 6) is 0.255. The van der Waals surface area contributed by atoms with Crippen LogP contribution in [-0.4, -0.2) is 23.3 Å². The van der Waals surface area contributed by atoms with Crippen molar-refractivity contribution in [1.82, 2.24) is 4.90 Å². The van der Waals surface area contributed by atoms with E-state index in [-0.39, 0.29) is 5.84 Å². The smallest absolute Gasteiger partial charge is 0.0918 e. The Kier molecular flexibility index (Phi) is 5.65. The summed E-state index contributed by atoms with van der Waals surface area (Å²) in [6, 6.07) is 8.77. The zero-order valence-electron chi connectivity index (χ0n) is 10.4. The maximum absolute atomic E-state index is 7.29. The van der Waals surface area contributed by atoms with Gasteiger partial charge in [0.2, 0.25) is 0 Å². The number of amidine groups is 1. The van der Waals surface area contributed by atoms with Crippen LogP contribution in [0.25, 0.3) is 0 Å². The highest BCUT2D eigenvalue weighted by Crippen LogP contribution is 2.14. The van der Waals surface area contributed by atoms with Crippen LogP contribution in [0.2, 0.25) is 0 Å². The average Bonchev–Trinajstić information content (AvgIpc) is 2.23. The van der Waals surface area contributed by atoms with Gasteiger partial charge in [-0.3, -0.25) is 10.3 Å².